The Labute approximate surface area is 104 Å². The van der Waals surface area contributed by atoms with Crippen LogP contribution in [-0.2, 0) is 4.79 Å². The third-order valence-corrected chi connectivity index (χ3v) is 4.37. The van der Waals surface area contributed by atoms with Crippen LogP contribution in [0.15, 0.2) is 0 Å². The van der Waals surface area contributed by atoms with Gasteiger partial charge in [0.1, 0.15) is 0 Å². The Kier molecular flexibility index (Phi) is 3.73. The maximum absolute atomic E-state index is 12.1. The van der Waals surface area contributed by atoms with Gasteiger partial charge in [-0.3, -0.25) is 9.69 Å². The highest BCUT2D eigenvalue weighted by atomic mass is 16.2. The highest BCUT2D eigenvalue weighted by Crippen LogP contribution is 2.26. The van der Waals surface area contributed by atoms with Crippen LogP contribution in [-0.4, -0.2) is 41.0 Å². The minimum atomic E-state index is -0.0145. The van der Waals surface area contributed by atoms with Crippen LogP contribution in [0.1, 0.15) is 46.5 Å². The van der Waals surface area contributed by atoms with Crippen molar-refractivity contribution in [3.05, 3.63) is 0 Å². The molecule has 2 aliphatic rings. The first-order chi connectivity index (χ1) is 7.99. The van der Waals surface area contributed by atoms with Crippen molar-refractivity contribution >= 4 is 5.91 Å². The number of amides is 1. The topological polar surface area (TPSA) is 58.4 Å². The van der Waals surface area contributed by atoms with E-state index in [9.17, 15) is 4.79 Å². The third kappa shape index (κ3) is 2.63. The van der Waals surface area contributed by atoms with Crippen molar-refractivity contribution in [2.45, 2.75) is 76.7 Å². The molecule has 1 heterocycles. The molecule has 3 N–H and O–H groups in total. The van der Waals surface area contributed by atoms with Gasteiger partial charge in [0.25, 0.3) is 0 Å². The van der Waals surface area contributed by atoms with Crippen LogP contribution >= 0.6 is 0 Å². The summed E-state index contributed by atoms with van der Waals surface area (Å²) in [6.45, 7) is 6.45. The summed E-state index contributed by atoms with van der Waals surface area (Å²) in [5.41, 5.74) is 5.73. The Morgan fingerprint density at radius 2 is 1.82 bits per heavy atom. The summed E-state index contributed by atoms with van der Waals surface area (Å²) in [7, 11) is 0. The average molecular weight is 239 g/mol. The summed E-state index contributed by atoms with van der Waals surface area (Å²) < 4.78 is 0. The second kappa shape index (κ2) is 4.94. The summed E-state index contributed by atoms with van der Waals surface area (Å²) in [4.78, 5) is 14.5. The van der Waals surface area contributed by atoms with Crippen LogP contribution in [0.5, 0.6) is 0 Å². The summed E-state index contributed by atoms with van der Waals surface area (Å²) in [6, 6.07) is 1.64. The third-order valence-electron chi connectivity index (χ3n) is 4.37. The van der Waals surface area contributed by atoms with Gasteiger partial charge in [-0.25, -0.2) is 0 Å². The number of rotatable bonds is 3. The molecule has 4 heteroatoms. The molecule has 0 radical (unpaired) electrons. The summed E-state index contributed by atoms with van der Waals surface area (Å²) in [5.74, 6) is 0.169. The fourth-order valence-corrected chi connectivity index (χ4v) is 3.22. The zero-order valence-electron chi connectivity index (χ0n) is 11.1. The molecule has 0 aromatic heterocycles. The number of nitrogens with one attached hydrogen (secondary N) is 1. The second-order valence-electron chi connectivity index (χ2n) is 5.84. The molecule has 98 valence electrons. The molecule has 1 aliphatic carbocycles. The van der Waals surface area contributed by atoms with Crippen LogP contribution in [0.2, 0.25) is 0 Å². The van der Waals surface area contributed by atoms with Crippen LogP contribution < -0.4 is 11.1 Å². The zero-order valence-corrected chi connectivity index (χ0v) is 11.1. The molecule has 1 amide bonds. The van der Waals surface area contributed by atoms with Crippen molar-refractivity contribution < 1.29 is 4.79 Å². The molecule has 3 atom stereocenters. The molecule has 17 heavy (non-hydrogen) atoms. The highest BCUT2D eigenvalue weighted by molar-refractivity contribution is 5.81. The SMILES string of the molecule is CC1CCC(C)N1C(C)C(=O)NC1CC(N)C1. The van der Waals surface area contributed by atoms with Crippen molar-refractivity contribution in [1.82, 2.24) is 10.2 Å². The first-order valence-corrected chi connectivity index (χ1v) is 6.82. The van der Waals surface area contributed by atoms with Crippen molar-refractivity contribution in [3.8, 4) is 0 Å². The largest absolute Gasteiger partial charge is 0.352 e. The Balaban J connectivity index is 1.86. The number of likely N-dealkylation sites (tertiary alicyclic amines) is 1. The molecule has 0 spiro atoms. The van der Waals surface area contributed by atoms with Gasteiger partial charge in [-0.2, -0.15) is 0 Å². The number of carbonyl (C=O) groups excluding carboxylic acids is 1. The fourth-order valence-electron chi connectivity index (χ4n) is 3.22. The molecule has 0 aromatic carbocycles. The van der Waals surface area contributed by atoms with Gasteiger partial charge in [0.2, 0.25) is 5.91 Å². The molecule has 4 nitrogen and oxygen atoms in total. The predicted molar refractivity (Wildman–Crippen MR) is 68.6 cm³/mol. The van der Waals surface area contributed by atoms with Crippen LogP contribution in [0, 0.1) is 0 Å². The molecule has 1 aliphatic heterocycles. The highest BCUT2D eigenvalue weighted by Gasteiger charge is 2.36. The number of nitrogens with two attached hydrogens (primary N) is 1. The fraction of sp³-hybridized carbons (Fsp3) is 0.923. The molecule has 2 rings (SSSR count). The van der Waals surface area contributed by atoms with Crippen molar-refractivity contribution in [2.24, 2.45) is 5.73 Å². The minimum Gasteiger partial charge on any atom is -0.352 e. The molecule has 2 fully saturated rings. The maximum atomic E-state index is 12.1. The number of hydrogen-bond acceptors (Lipinski definition) is 3. The quantitative estimate of drug-likeness (QED) is 0.768. The normalized spacial score (nSPS) is 39.8. The van der Waals surface area contributed by atoms with Crippen molar-refractivity contribution in [2.75, 3.05) is 0 Å². The van der Waals surface area contributed by atoms with Crippen molar-refractivity contribution in [1.29, 1.82) is 0 Å². The molecular formula is C13H25N3O. The predicted octanol–water partition coefficient (Wildman–Crippen LogP) is 0.854. The Morgan fingerprint density at radius 1 is 1.29 bits per heavy atom. The van der Waals surface area contributed by atoms with E-state index in [1.54, 1.807) is 0 Å². The van der Waals surface area contributed by atoms with Crippen molar-refractivity contribution in [3.63, 3.8) is 0 Å². The van der Waals surface area contributed by atoms with E-state index in [0.29, 0.717) is 24.2 Å². The molecule has 3 unspecified atom stereocenters. The van der Waals surface area contributed by atoms with Gasteiger partial charge in [-0.1, -0.05) is 0 Å². The van der Waals surface area contributed by atoms with Gasteiger partial charge in [-0.15, -0.1) is 0 Å². The van der Waals surface area contributed by atoms with Crippen LogP contribution in [0.4, 0.5) is 0 Å². The molecular weight excluding hydrogens is 214 g/mol. The lowest BCUT2D eigenvalue weighted by molar-refractivity contribution is -0.128. The van der Waals surface area contributed by atoms with E-state index in [4.69, 9.17) is 5.73 Å². The lowest BCUT2D eigenvalue weighted by Crippen LogP contribution is -2.56. The van der Waals surface area contributed by atoms with Crippen LogP contribution in [0.3, 0.4) is 0 Å². The standard InChI is InChI=1S/C13H25N3O/c1-8-4-5-9(2)16(8)10(3)13(17)15-12-6-11(14)7-12/h8-12H,4-7,14H2,1-3H3,(H,15,17). The van der Waals surface area contributed by atoms with Gasteiger partial charge in [-0.05, 0) is 46.5 Å². The minimum absolute atomic E-state index is 0.0145. The van der Waals surface area contributed by atoms with E-state index >= 15 is 0 Å². The van der Waals surface area contributed by atoms with Gasteiger partial charge in [0.05, 0.1) is 6.04 Å². The Morgan fingerprint density at radius 3 is 2.29 bits per heavy atom. The first kappa shape index (κ1) is 12.8. The molecule has 1 saturated carbocycles. The Hall–Kier alpha value is -0.610. The molecule has 0 aromatic rings. The van der Waals surface area contributed by atoms with E-state index in [1.807, 2.05) is 6.92 Å². The summed E-state index contributed by atoms with van der Waals surface area (Å²) in [5, 5.41) is 3.10. The van der Waals surface area contributed by atoms with Gasteiger partial charge in [0.15, 0.2) is 0 Å². The van der Waals surface area contributed by atoms with Gasteiger partial charge < -0.3 is 11.1 Å². The van der Waals surface area contributed by atoms with E-state index in [1.165, 1.54) is 12.8 Å². The second-order valence-corrected chi connectivity index (χ2v) is 5.84. The number of nitrogens with zero attached hydrogens (tertiary/aromatic N) is 1. The van der Waals surface area contributed by atoms with E-state index in [0.717, 1.165) is 12.8 Å². The molecule has 1 saturated heterocycles. The average Bonchev–Trinajstić information content (AvgIpc) is 2.55. The summed E-state index contributed by atoms with van der Waals surface area (Å²) in [6.07, 6.45) is 4.27. The van der Waals surface area contributed by atoms with E-state index < -0.39 is 0 Å². The first-order valence-electron chi connectivity index (χ1n) is 6.82. The monoisotopic (exact) mass is 239 g/mol. The zero-order chi connectivity index (χ0) is 12.6. The summed E-state index contributed by atoms with van der Waals surface area (Å²) >= 11 is 0. The number of carbonyl (C=O) groups is 1. The van der Waals surface area contributed by atoms with Crippen LogP contribution in [0.25, 0.3) is 0 Å². The van der Waals surface area contributed by atoms with Gasteiger partial charge in [0, 0.05) is 24.2 Å². The van der Waals surface area contributed by atoms with E-state index in [-0.39, 0.29) is 11.9 Å². The van der Waals surface area contributed by atoms with E-state index in [2.05, 4.69) is 24.1 Å². The lowest BCUT2D eigenvalue weighted by atomic mass is 9.87. The molecule has 0 bridgehead atoms. The maximum Gasteiger partial charge on any atom is 0.237 e. The lowest BCUT2D eigenvalue weighted by Gasteiger charge is -2.36. The number of hydrogen-bond donors (Lipinski definition) is 2. The smallest absolute Gasteiger partial charge is 0.237 e. The Bertz CT molecular complexity index is 278. The van der Waals surface area contributed by atoms with Gasteiger partial charge >= 0.3 is 0 Å².